The minimum atomic E-state index is -0.0375. The van der Waals surface area contributed by atoms with Gasteiger partial charge in [-0.2, -0.15) is 0 Å². The van der Waals surface area contributed by atoms with Gasteiger partial charge in [0.1, 0.15) is 11.5 Å². The normalized spacial score (nSPS) is 17.8. The molecule has 4 heterocycles. The minimum absolute atomic E-state index is 0.0375. The number of urea groups is 1. The Balaban J connectivity index is 1.37. The van der Waals surface area contributed by atoms with E-state index in [0.29, 0.717) is 13.1 Å². The van der Waals surface area contributed by atoms with Crippen LogP contribution >= 0.6 is 0 Å². The third kappa shape index (κ3) is 3.35. The van der Waals surface area contributed by atoms with Gasteiger partial charge in [0, 0.05) is 43.8 Å². The second kappa shape index (κ2) is 6.58. The number of aryl methyl sites for hydroxylation is 1. The van der Waals surface area contributed by atoms with Crippen molar-refractivity contribution in [2.24, 2.45) is 0 Å². The second-order valence-electron chi connectivity index (χ2n) is 6.62. The number of fused-ring (bicyclic) bond motifs is 1. The Morgan fingerprint density at radius 3 is 3.16 bits per heavy atom. The Hall–Kier alpha value is -2.83. The molecule has 2 amide bonds. The van der Waals surface area contributed by atoms with Crippen LogP contribution in [0.2, 0.25) is 0 Å². The van der Waals surface area contributed by atoms with Crippen molar-refractivity contribution in [1.82, 2.24) is 29.6 Å². The third-order valence-electron chi connectivity index (χ3n) is 4.68. The molecule has 1 unspecified atom stereocenters. The summed E-state index contributed by atoms with van der Waals surface area (Å²) in [6.45, 7) is 3.96. The van der Waals surface area contributed by atoms with Crippen molar-refractivity contribution in [2.45, 2.75) is 32.2 Å². The molecule has 1 saturated heterocycles. The van der Waals surface area contributed by atoms with Gasteiger partial charge in [-0.3, -0.25) is 0 Å². The Kier molecular flexibility index (Phi) is 4.13. The summed E-state index contributed by atoms with van der Waals surface area (Å²) in [4.78, 5) is 26.4. The maximum atomic E-state index is 12.5. The van der Waals surface area contributed by atoms with E-state index in [0.717, 1.165) is 36.6 Å². The molecule has 0 saturated carbocycles. The first kappa shape index (κ1) is 15.7. The Bertz CT molecular complexity index is 869. The van der Waals surface area contributed by atoms with Crippen LogP contribution in [0.15, 0.2) is 36.9 Å². The Morgan fingerprint density at radius 1 is 1.40 bits per heavy atom. The number of carbonyl (C=O) groups excluding carboxylic acids is 1. The van der Waals surface area contributed by atoms with E-state index in [2.05, 4.69) is 20.3 Å². The van der Waals surface area contributed by atoms with Crippen LogP contribution in [0.5, 0.6) is 0 Å². The highest BCUT2D eigenvalue weighted by atomic mass is 16.2. The number of aromatic nitrogens is 4. The van der Waals surface area contributed by atoms with E-state index in [1.807, 2.05) is 46.9 Å². The quantitative estimate of drug-likeness (QED) is 0.770. The molecule has 0 radical (unpaired) electrons. The number of imidazole rings is 2. The fraction of sp³-hybridized carbons (Fsp3) is 0.389. The van der Waals surface area contributed by atoms with E-state index in [1.54, 1.807) is 6.20 Å². The smallest absolute Gasteiger partial charge is 0.317 e. The van der Waals surface area contributed by atoms with E-state index in [4.69, 9.17) is 0 Å². The zero-order valence-electron chi connectivity index (χ0n) is 14.3. The Labute approximate surface area is 146 Å². The molecule has 4 rings (SSSR count). The summed E-state index contributed by atoms with van der Waals surface area (Å²) in [7, 11) is 0. The van der Waals surface area contributed by atoms with Crippen LogP contribution in [0.1, 0.15) is 35.8 Å². The molecule has 1 atom stereocenters. The molecular formula is C18H22N6O. The van der Waals surface area contributed by atoms with E-state index in [1.165, 1.54) is 5.56 Å². The van der Waals surface area contributed by atoms with Gasteiger partial charge in [0.15, 0.2) is 0 Å². The zero-order valence-corrected chi connectivity index (χ0v) is 14.3. The number of nitrogens with zero attached hydrogens (tertiary/aromatic N) is 4. The molecule has 25 heavy (non-hydrogen) atoms. The number of likely N-dealkylation sites (tertiary alicyclic amines) is 1. The number of carbonyl (C=O) groups is 1. The van der Waals surface area contributed by atoms with Gasteiger partial charge in [0.05, 0.1) is 12.2 Å². The van der Waals surface area contributed by atoms with Crippen LogP contribution in [-0.4, -0.2) is 43.4 Å². The molecule has 0 aliphatic carbocycles. The molecule has 3 aromatic heterocycles. The number of amides is 2. The first-order chi connectivity index (χ1) is 12.2. The molecule has 3 aromatic rings. The average molecular weight is 338 g/mol. The lowest BCUT2D eigenvalue weighted by Gasteiger charge is -2.31. The molecule has 1 aliphatic rings. The van der Waals surface area contributed by atoms with Crippen molar-refractivity contribution in [1.29, 1.82) is 0 Å². The molecule has 0 spiro atoms. The van der Waals surface area contributed by atoms with Crippen molar-refractivity contribution in [3.63, 3.8) is 0 Å². The van der Waals surface area contributed by atoms with Crippen molar-refractivity contribution >= 4 is 11.7 Å². The van der Waals surface area contributed by atoms with Crippen molar-refractivity contribution in [3.05, 3.63) is 54.0 Å². The van der Waals surface area contributed by atoms with Crippen molar-refractivity contribution in [3.8, 4) is 0 Å². The van der Waals surface area contributed by atoms with E-state index >= 15 is 0 Å². The molecule has 0 aromatic carbocycles. The standard InChI is InChI=1S/C18H22N6O/c1-13-4-5-16-22-15(12-24(16)10-13)9-21-18(25)23-8-2-3-14(11-23)17-19-6-7-20-17/h4-7,10,12,14H,2-3,8-9,11H2,1H3,(H,19,20)(H,21,25). The summed E-state index contributed by atoms with van der Waals surface area (Å²) in [5, 5.41) is 2.99. The van der Waals surface area contributed by atoms with Crippen molar-refractivity contribution < 1.29 is 4.79 Å². The molecular weight excluding hydrogens is 316 g/mol. The number of rotatable bonds is 3. The molecule has 7 nitrogen and oxygen atoms in total. The van der Waals surface area contributed by atoms with Gasteiger partial charge in [0.2, 0.25) is 0 Å². The first-order valence-electron chi connectivity index (χ1n) is 8.65. The number of hydrogen-bond donors (Lipinski definition) is 2. The monoisotopic (exact) mass is 338 g/mol. The van der Waals surface area contributed by atoms with Gasteiger partial charge in [-0.1, -0.05) is 6.07 Å². The highest BCUT2D eigenvalue weighted by Gasteiger charge is 2.26. The summed E-state index contributed by atoms with van der Waals surface area (Å²) in [5.41, 5.74) is 2.93. The lowest BCUT2D eigenvalue weighted by atomic mass is 9.98. The molecule has 0 bridgehead atoms. The van der Waals surface area contributed by atoms with Crippen LogP contribution in [0, 0.1) is 6.92 Å². The molecule has 2 N–H and O–H groups in total. The topological polar surface area (TPSA) is 78.3 Å². The van der Waals surface area contributed by atoms with Crippen LogP contribution < -0.4 is 5.32 Å². The van der Waals surface area contributed by atoms with Crippen LogP contribution in [0.3, 0.4) is 0 Å². The summed E-state index contributed by atoms with van der Waals surface area (Å²) in [5.74, 6) is 1.25. The van der Waals surface area contributed by atoms with Gasteiger partial charge >= 0.3 is 6.03 Å². The van der Waals surface area contributed by atoms with Crippen molar-refractivity contribution in [2.75, 3.05) is 13.1 Å². The number of hydrogen-bond acceptors (Lipinski definition) is 3. The molecule has 7 heteroatoms. The Morgan fingerprint density at radius 2 is 2.32 bits per heavy atom. The van der Waals surface area contributed by atoms with E-state index in [9.17, 15) is 4.79 Å². The lowest BCUT2D eigenvalue weighted by Crippen LogP contribution is -2.44. The summed E-state index contributed by atoms with van der Waals surface area (Å²) < 4.78 is 1.99. The van der Waals surface area contributed by atoms with Gasteiger partial charge in [0.25, 0.3) is 0 Å². The number of nitrogens with one attached hydrogen (secondary N) is 2. The fourth-order valence-electron chi connectivity index (χ4n) is 3.40. The SMILES string of the molecule is Cc1ccc2nc(CNC(=O)N3CCCC(c4ncc[nH]4)C3)cn2c1. The molecule has 130 valence electrons. The second-order valence-corrected chi connectivity index (χ2v) is 6.62. The highest BCUT2D eigenvalue weighted by Crippen LogP contribution is 2.24. The molecule has 1 aliphatic heterocycles. The maximum absolute atomic E-state index is 12.5. The summed E-state index contributed by atoms with van der Waals surface area (Å²) >= 11 is 0. The largest absolute Gasteiger partial charge is 0.348 e. The first-order valence-corrected chi connectivity index (χ1v) is 8.65. The predicted molar refractivity (Wildman–Crippen MR) is 94.3 cm³/mol. The van der Waals surface area contributed by atoms with Gasteiger partial charge in [-0.05, 0) is 31.4 Å². The predicted octanol–water partition coefficient (Wildman–Crippen LogP) is 2.46. The lowest BCUT2D eigenvalue weighted by molar-refractivity contribution is 0.178. The number of piperidine rings is 1. The molecule has 1 fully saturated rings. The zero-order chi connectivity index (χ0) is 17.2. The van der Waals surface area contributed by atoms with Crippen LogP contribution in [0.25, 0.3) is 5.65 Å². The number of H-pyrrole nitrogens is 1. The minimum Gasteiger partial charge on any atom is -0.348 e. The van der Waals surface area contributed by atoms with Gasteiger partial charge in [-0.25, -0.2) is 14.8 Å². The van der Waals surface area contributed by atoms with Gasteiger partial charge in [-0.15, -0.1) is 0 Å². The number of aromatic amines is 1. The summed E-state index contributed by atoms with van der Waals surface area (Å²) in [6.07, 6.45) is 9.64. The van der Waals surface area contributed by atoms with Crippen LogP contribution in [-0.2, 0) is 6.54 Å². The van der Waals surface area contributed by atoms with Crippen LogP contribution in [0.4, 0.5) is 4.79 Å². The maximum Gasteiger partial charge on any atom is 0.317 e. The summed E-state index contributed by atoms with van der Waals surface area (Å²) in [6, 6.07) is 3.98. The fourth-order valence-corrected chi connectivity index (χ4v) is 3.40. The van der Waals surface area contributed by atoms with Gasteiger partial charge < -0.3 is 19.6 Å². The van der Waals surface area contributed by atoms with E-state index < -0.39 is 0 Å². The third-order valence-corrected chi connectivity index (χ3v) is 4.68. The van der Waals surface area contributed by atoms with E-state index in [-0.39, 0.29) is 11.9 Å². The average Bonchev–Trinajstić information content (AvgIpc) is 3.29. The highest BCUT2D eigenvalue weighted by molar-refractivity contribution is 5.74. The number of pyridine rings is 1.